The van der Waals surface area contributed by atoms with Gasteiger partial charge in [0.25, 0.3) is 5.56 Å². The molecule has 2 aromatic carbocycles. The highest BCUT2D eigenvalue weighted by Crippen LogP contribution is 2.46. The van der Waals surface area contributed by atoms with Crippen LogP contribution < -0.4 is 10.5 Å². The number of aromatic hydroxyl groups is 1. The number of aromatic nitrogens is 1. The third-order valence-electron chi connectivity index (χ3n) is 5.96. The van der Waals surface area contributed by atoms with Gasteiger partial charge >= 0.3 is 0 Å². The molecule has 0 radical (unpaired) electrons. The molecular formula is C25H24N2O3. The monoisotopic (exact) mass is 400 g/mol. The zero-order chi connectivity index (χ0) is 21.6. The first kappa shape index (κ1) is 19.7. The molecule has 3 aromatic rings. The number of carbonyl (C=O) groups is 1. The van der Waals surface area contributed by atoms with Gasteiger partial charge in [0.2, 0.25) is 0 Å². The number of rotatable bonds is 3. The Balaban J connectivity index is 1.72. The lowest BCUT2D eigenvalue weighted by Gasteiger charge is -2.23. The Morgan fingerprint density at radius 2 is 1.70 bits per heavy atom. The van der Waals surface area contributed by atoms with E-state index in [9.17, 15) is 14.7 Å². The molecule has 152 valence electrons. The van der Waals surface area contributed by atoms with Crippen LogP contribution in [0.4, 0.5) is 5.69 Å². The lowest BCUT2D eigenvalue weighted by Crippen LogP contribution is -2.24. The van der Waals surface area contributed by atoms with E-state index in [2.05, 4.69) is 30.9 Å². The maximum atomic E-state index is 12.8. The lowest BCUT2D eigenvalue weighted by molar-refractivity contribution is 0.104. The molecule has 0 bridgehead atoms. The Bertz CT molecular complexity index is 1300. The zero-order valence-corrected chi connectivity index (χ0v) is 17.5. The minimum absolute atomic E-state index is 0.208. The number of benzene rings is 2. The Hall–Kier alpha value is -3.60. The summed E-state index contributed by atoms with van der Waals surface area (Å²) in [5.41, 5.74) is 3.04. The van der Waals surface area contributed by atoms with Gasteiger partial charge in [0, 0.05) is 36.3 Å². The fourth-order valence-corrected chi connectivity index (χ4v) is 4.31. The van der Waals surface area contributed by atoms with Gasteiger partial charge in [0.15, 0.2) is 5.78 Å². The predicted octanol–water partition coefficient (Wildman–Crippen LogP) is 4.29. The van der Waals surface area contributed by atoms with E-state index < -0.39 is 11.3 Å². The smallest absolute Gasteiger partial charge is 0.265 e. The lowest BCUT2D eigenvalue weighted by atomic mass is 9.84. The van der Waals surface area contributed by atoms with Crippen LogP contribution in [0, 0.1) is 0 Å². The number of allylic oxidation sites excluding steroid dienone is 4. The summed E-state index contributed by atoms with van der Waals surface area (Å²) >= 11 is 0. The molecule has 0 saturated heterocycles. The first-order valence-corrected chi connectivity index (χ1v) is 9.82. The summed E-state index contributed by atoms with van der Waals surface area (Å²) in [5.74, 6) is -0.798. The van der Waals surface area contributed by atoms with Crippen molar-refractivity contribution >= 4 is 22.4 Å². The van der Waals surface area contributed by atoms with Gasteiger partial charge < -0.3 is 14.6 Å². The van der Waals surface area contributed by atoms with Crippen LogP contribution in [0.25, 0.3) is 10.9 Å². The summed E-state index contributed by atoms with van der Waals surface area (Å²) in [6.07, 6.45) is 4.88. The van der Waals surface area contributed by atoms with Crippen LogP contribution in [0.3, 0.4) is 0 Å². The number of hydrogen-bond acceptors (Lipinski definition) is 4. The van der Waals surface area contributed by atoms with Gasteiger partial charge in [-0.3, -0.25) is 9.59 Å². The van der Waals surface area contributed by atoms with Crippen molar-refractivity contribution in [2.45, 2.75) is 19.3 Å². The fraction of sp³-hybridized carbons (Fsp3) is 0.200. The maximum absolute atomic E-state index is 12.8. The minimum Gasteiger partial charge on any atom is -0.506 e. The highest BCUT2D eigenvalue weighted by molar-refractivity contribution is 6.09. The third-order valence-corrected chi connectivity index (χ3v) is 5.96. The molecule has 1 N–H and O–H groups in total. The topological polar surface area (TPSA) is 62.5 Å². The van der Waals surface area contributed by atoms with Crippen LogP contribution in [-0.4, -0.2) is 22.5 Å². The van der Waals surface area contributed by atoms with Gasteiger partial charge in [-0.2, -0.15) is 0 Å². The number of ketones is 1. The zero-order valence-electron chi connectivity index (χ0n) is 17.5. The van der Waals surface area contributed by atoms with Crippen molar-refractivity contribution in [2.75, 3.05) is 11.9 Å². The van der Waals surface area contributed by atoms with E-state index in [1.807, 2.05) is 25.3 Å². The fourth-order valence-electron chi connectivity index (χ4n) is 4.31. The summed E-state index contributed by atoms with van der Waals surface area (Å²) in [6, 6.07) is 15.2. The first-order chi connectivity index (χ1) is 14.2. The summed E-state index contributed by atoms with van der Waals surface area (Å²) in [5, 5.41) is 11.1. The van der Waals surface area contributed by atoms with E-state index in [1.54, 1.807) is 37.4 Å². The number of fused-ring (bicyclic) bond motifs is 2. The van der Waals surface area contributed by atoms with E-state index in [1.165, 1.54) is 16.2 Å². The predicted molar refractivity (Wildman–Crippen MR) is 120 cm³/mol. The van der Waals surface area contributed by atoms with Crippen LogP contribution in [0.1, 0.15) is 29.8 Å². The SMILES string of the molecule is CN1/C(=C/C=C/C(=O)c2c(O)c3ccccc3n(C)c2=O)C(C)(C)c2ccccc21. The summed E-state index contributed by atoms with van der Waals surface area (Å²) < 4.78 is 1.39. The number of carbonyl (C=O) groups excluding carboxylic acids is 1. The number of nitrogens with zero attached hydrogens (tertiary/aromatic N) is 2. The summed E-state index contributed by atoms with van der Waals surface area (Å²) in [6.45, 7) is 4.28. The molecule has 5 heteroatoms. The van der Waals surface area contributed by atoms with E-state index in [0.29, 0.717) is 10.9 Å². The van der Waals surface area contributed by atoms with Crippen molar-refractivity contribution in [1.82, 2.24) is 4.57 Å². The molecule has 1 aliphatic rings. The van der Waals surface area contributed by atoms with Crippen molar-refractivity contribution in [1.29, 1.82) is 0 Å². The summed E-state index contributed by atoms with van der Waals surface area (Å²) in [4.78, 5) is 27.6. The average Bonchev–Trinajstić information content (AvgIpc) is 2.93. The van der Waals surface area contributed by atoms with E-state index in [-0.39, 0.29) is 16.7 Å². The van der Waals surface area contributed by atoms with Crippen LogP contribution in [0.15, 0.2) is 77.3 Å². The molecule has 0 amide bonds. The Morgan fingerprint density at radius 1 is 1.03 bits per heavy atom. The Labute approximate surface area is 175 Å². The Kier molecular flexibility index (Phi) is 4.61. The van der Waals surface area contributed by atoms with Crippen LogP contribution >= 0.6 is 0 Å². The molecule has 0 saturated carbocycles. The molecule has 4 rings (SSSR count). The molecule has 0 aliphatic carbocycles. The number of aryl methyl sites for hydroxylation is 1. The van der Waals surface area contributed by atoms with E-state index >= 15 is 0 Å². The second kappa shape index (κ2) is 7.02. The van der Waals surface area contributed by atoms with Crippen molar-refractivity contribution in [3.8, 4) is 5.75 Å². The molecule has 2 heterocycles. The highest BCUT2D eigenvalue weighted by Gasteiger charge is 2.37. The maximum Gasteiger partial charge on any atom is 0.265 e. The standard InChI is InChI=1S/C25H24N2O3/c1-25(2)17-11-6-8-13-19(17)26(3)21(25)15-9-14-20(28)22-23(29)16-10-5-7-12-18(16)27(4)24(22)30/h5-15,29H,1-4H3/b14-9+,21-15+. The quantitative estimate of drug-likeness (QED) is 0.526. The first-order valence-electron chi connectivity index (χ1n) is 9.82. The molecule has 0 spiro atoms. The largest absolute Gasteiger partial charge is 0.506 e. The molecule has 30 heavy (non-hydrogen) atoms. The van der Waals surface area contributed by atoms with E-state index in [0.717, 1.165) is 11.4 Å². The van der Waals surface area contributed by atoms with Gasteiger partial charge in [0.05, 0.1) is 5.52 Å². The normalized spacial score (nSPS) is 16.5. The third kappa shape index (κ3) is 2.86. The molecule has 0 fully saturated rings. The van der Waals surface area contributed by atoms with Gasteiger partial charge in [-0.05, 0) is 35.9 Å². The van der Waals surface area contributed by atoms with Crippen LogP contribution in [0.2, 0.25) is 0 Å². The van der Waals surface area contributed by atoms with Gasteiger partial charge in [-0.1, -0.05) is 50.3 Å². The molecule has 0 atom stereocenters. The van der Waals surface area contributed by atoms with Crippen LogP contribution in [-0.2, 0) is 12.5 Å². The number of pyridine rings is 1. The molecular weight excluding hydrogens is 376 g/mol. The van der Waals surface area contributed by atoms with Crippen molar-refractivity contribution in [3.05, 3.63) is 93.9 Å². The number of likely N-dealkylation sites (N-methyl/N-ethyl adjacent to an activating group) is 1. The Morgan fingerprint density at radius 3 is 2.43 bits per heavy atom. The molecule has 5 nitrogen and oxygen atoms in total. The number of para-hydroxylation sites is 2. The molecule has 1 aliphatic heterocycles. The van der Waals surface area contributed by atoms with E-state index in [4.69, 9.17) is 0 Å². The molecule has 1 aromatic heterocycles. The van der Waals surface area contributed by atoms with Crippen molar-refractivity contribution in [2.24, 2.45) is 7.05 Å². The van der Waals surface area contributed by atoms with Gasteiger partial charge in [0.1, 0.15) is 11.3 Å². The minimum atomic E-state index is -0.522. The van der Waals surface area contributed by atoms with Crippen molar-refractivity contribution < 1.29 is 9.90 Å². The second-order valence-electron chi connectivity index (χ2n) is 8.08. The number of hydrogen-bond donors (Lipinski definition) is 1. The van der Waals surface area contributed by atoms with Gasteiger partial charge in [-0.15, -0.1) is 0 Å². The van der Waals surface area contributed by atoms with Crippen LogP contribution in [0.5, 0.6) is 5.75 Å². The average molecular weight is 400 g/mol. The molecule has 0 unspecified atom stereocenters. The number of anilines is 1. The second-order valence-corrected chi connectivity index (χ2v) is 8.08. The van der Waals surface area contributed by atoms with Gasteiger partial charge in [-0.25, -0.2) is 0 Å². The highest BCUT2D eigenvalue weighted by atomic mass is 16.3. The van der Waals surface area contributed by atoms with Crippen molar-refractivity contribution in [3.63, 3.8) is 0 Å². The summed E-state index contributed by atoms with van der Waals surface area (Å²) in [7, 11) is 3.60.